The van der Waals surface area contributed by atoms with Crippen molar-refractivity contribution in [3.63, 3.8) is 0 Å². The fourth-order valence-electron chi connectivity index (χ4n) is 3.62. The molecule has 0 aliphatic heterocycles. The van der Waals surface area contributed by atoms with Crippen LogP contribution < -0.4 is 0 Å². The molecule has 0 N–H and O–H groups in total. The number of fused-ring (bicyclic) bond motifs is 1. The number of aryl methyl sites for hydroxylation is 1. The lowest BCUT2D eigenvalue weighted by molar-refractivity contribution is 0.453. The summed E-state index contributed by atoms with van der Waals surface area (Å²) < 4.78 is 83.9. The Hall–Kier alpha value is -4.16. The third-order valence-corrected chi connectivity index (χ3v) is 5.54. The van der Waals surface area contributed by atoms with Gasteiger partial charge >= 0.3 is 0 Å². The van der Waals surface area contributed by atoms with Gasteiger partial charge in [0.2, 0.25) is 0 Å². The molecule has 0 aliphatic rings. The SMILES string of the molecule is CCCCc1cc(F)c(C#Cc2ccc(C#Cc3ccc4c(F)c(F)c(F)cc4c3)c(F)c2)c(F)c1. The average Bonchev–Trinajstić information content (AvgIpc) is 2.85. The van der Waals surface area contributed by atoms with E-state index in [0.717, 1.165) is 25.0 Å². The summed E-state index contributed by atoms with van der Waals surface area (Å²) in [6.45, 7) is 1.99. The van der Waals surface area contributed by atoms with E-state index in [1.54, 1.807) is 0 Å². The smallest absolute Gasteiger partial charge is 0.195 e. The van der Waals surface area contributed by atoms with Gasteiger partial charge in [-0.1, -0.05) is 43.1 Å². The quantitative estimate of drug-likeness (QED) is 0.155. The molecule has 0 aliphatic carbocycles. The van der Waals surface area contributed by atoms with Gasteiger partial charge in [0.25, 0.3) is 0 Å². The van der Waals surface area contributed by atoms with Crippen molar-refractivity contribution in [1.29, 1.82) is 0 Å². The first kappa shape index (κ1) is 24.9. The summed E-state index contributed by atoms with van der Waals surface area (Å²) in [5.41, 5.74) is 0.730. The van der Waals surface area contributed by atoms with Crippen molar-refractivity contribution in [3.05, 3.63) is 117 Å². The minimum atomic E-state index is -1.55. The van der Waals surface area contributed by atoms with Crippen LogP contribution in [0.4, 0.5) is 26.3 Å². The third-order valence-electron chi connectivity index (χ3n) is 5.54. The van der Waals surface area contributed by atoms with Crippen molar-refractivity contribution in [2.45, 2.75) is 26.2 Å². The highest BCUT2D eigenvalue weighted by Crippen LogP contribution is 2.24. The molecule has 0 amide bonds. The molecule has 0 aromatic heterocycles. The van der Waals surface area contributed by atoms with Crippen molar-refractivity contribution >= 4 is 10.8 Å². The predicted molar refractivity (Wildman–Crippen MR) is 127 cm³/mol. The molecule has 0 bridgehead atoms. The van der Waals surface area contributed by atoms with E-state index in [9.17, 15) is 26.3 Å². The molecule has 0 saturated heterocycles. The second-order valence-corrected chi connectivity index (χ2v) is 8.15. The fraction of sp³-hybridized carbons (Fsp3) is 0.133. The molecule has 4 aromatic rings. The second-order valence-electron chi connectivity index (χ2n) is 8.15. The van der Waals surface area contributed by atoms with E-state index < -0.39 is 34.9 Å². The predicted octanol–water partition coefficient (Wildman–Crippen LogP) is 7.82. The van der Waals surface area contributed by atoms with E-state index in [-0.39, 0.29) is 27.5 Å². The summed E-state index contributed by atoms with van der Waals surface area (Å²) >= 11 is 0. The van der Waals surface area contributed by atoms with E-state index in [1.807, 2.05) is 6.92 Å². The van der Waals surface area contributed by atoms with Gasteiger partial charge in [-0.25, -0.2) is 26.3 Å². The zero-order valence-corrected chi connectivity index (χ0v) is 19.1. The molecule has 180 valence electrons. The molecular formula is C30H18F6. The monoisotopic (exact) mass is 492 g/mol. The molecule has 6 heteroatoms. The summed E-state index contributed by atoms with van der Waals surface area (Å²) in [4.78, 5) is 0. The largest absolute Gasteiger partial charge is 0.206 e. The maximum absolute atomic E-state index is 14.6. The van der Waals surface area contributed by atoms with Gasteiger partial charge in [0.1, 0.15) is 17.5 Å². The molecule has 0 fully saturated rings. The number of benzene rings is 4. The number of hydrogen-bond acceptors (Lipinski definition) is 0. The van der Waals surface area contributed by atoms with Crippen molar-refractivity contribution in [2.24, 2.45) is 0 Å². The maximum atomic E-state index is 14.6. The first-order valence-electron chi connectivity index (χ1n) is 11.2. The van der Waals surface area contributed by atoms with Crippen LogP contribution in [0.3, 0.4) is 0 Å². The summed E-state index contributed by atoms with van der Waals surface area (Å²) in [6.07, 6.45) is 2.29. The number of rotatable bonds is 3. The van der Waals surface area contributed by atoms with Crippen LogP contribution in [0.25, 0.3) is 10.8 Å². The van der Waals surface area contributed by atoms with Crippen molar-refractivity contribution in [1.82, 2.24) is 0 Å². The number of hydrogen-bond donors (Lipinski definition) is 0. The molecule has 0 nitrogen and oxygen atoms in total. The Morgan fingerprint density at radius 3 is 1.97 bits per heavy atom. The highest BCUT2D eigenvalue weighted by atomic mass is 19.2. The fourth-order valence-corrected chi connectivity index (χ4v) is 3.62. The van der Waals surface area contributed by atoms with Crippen LogP contribution in [0.1, 0.15) is 47.6 Å². The second kappa shape index (κ2) is 10.6. The van der Waals surface area contributed by atoms with Gasteiger partial charge in [-0.15, -0.1) is 0 Å². The minimum absolute atomic E-state index is 0.0229. The maximum Gasteiger partial charge on any atom is 0.195 e. The van der Waals surface area contributed by atoms with Crippen LogP contribution in [-0.2, 0) is 6.42 Å². The minimum Gasteiger partial charge on any atom is -0.206 e. The van der Waals surface area contributed by atoms with Gasteiger partial charge in [-0.2, -0.15) is 0 Å². The van der Waals surface area contributed by atoms with Crippen LogP contribution in [0.5, 0.6) is 0 Å². The van der Waals surface area contributed by atoms with Crippen molar-refractivity contribution in [2.75, 3.05) is 0 Å². The number of halogens is 6. The van der Waals surface area contributed by atoms with Gasteiger partial charge in [0.15, 0.2) is 17.5 Å². The van der Waals surface area contributed by atoms with Crippen LogP contribution in [0, 0.1) is 58.6 Å². The Kier molecular flexibility index (Phi) is 7.36. The lowest BCUT2D eigenvalue weighted by atomic mass is 10.0. The van der Waals surface area contributed by atoms with Gasteiger partial charge in [-0.05, 0) is 72.3 Å². The molecule has 0 unspecified atom stereocenters. The Morgan fingerprint density at radius 2 is 1.28 bits per heavy atom. The van der Waals surface area contributed by atoms with Gasteiger partial charge in [0.05, 0.1) is 11.1 Å². The van der Waals surface area contributed by atoms with Crippen molar-refractivity contribution < 1.29 is 26.3 Å². The molecule has 0 spiro atoms. The summed E-state index contributed by atoms with van der Waals surface area (Å²) in [5.74, 6) is 3.90. The Labute approximate surface area is 204 Å². The van der Waals surface area contributed by atoms with Crippen LogP contribution in [-0.4, -0.2) is 0 Å². The van der Waals surface area contributed by atoms with Crippen LogP contribution >= 0.6 is 0 Å². The van der Waals surface area contributed by atoms with E-state index >= 15 is 0 Å². The average molecular weight is 492 g/mol. The Balaban J connectivity index is 1.57. The van der Waals surface area contributed by atoms with E-state index in [1.165, 1.54) is 42.5 Å². The summed E-state index contributed by atoms with van der Waals surface area (Å²) in [5, 5.41) is 0.0131. The Bertz CT molecular complexity index is 1570. The Morgan fingerprint density at radius 1 is 0.611 bits per heavy atom. The molecule has 4 aromatic carbocycles. The molecule has 4 rings (SSSR count). The van der Waals surface area contributed by atoms with E-state index in [4.69, 9.17) is 0 Å². The zero-order chi connectivity index (χ0) is 25.8. The van der Waals surface area contributed by atoms with Gasteiger partial charge < -0.3 is 0 Å². The normalized spacial score (nSPS) is 10.5. The lowest BCUT2D eigenvalue weighted by Crippen LogP contribution is -1.95. The van der Waals surface area contributed by atoms with Crippen LogP contribution in [0.15, 0.2) is 54.6 Å². The highest BCUT2D eigenvalue weighted by Gasteiger charge is 2.13. The molecular weight excluding hydrogens is 474 g/mol. The topological polar surface area (TPSA) is 0 Å². The van der Waals surface area contributed by atoms with Gasteiger partial charge in [-0.3, -0.25) is 0 Å². The van der Waals surface area contributed by atoms with Crippen molar-refractivity contribution in [3.8, 4) is 23.7 Å². The standard InChI is InChI=1S/C30H18F6/c1-2-3-4-20-15-26(32)24(27(33)16-20)12-8-19-6-10-21(25(31)14-19)9-5-18-7-11-23-22(13-18)17-28(34)30(36)29(23)35/h6-7,10-11,13-17H,2-4H2,1H3. The molecule has 0 atom stereocenters. The third kappa shape index (κ3) is 5.39. The molecule has 0 radical (unpaired) electrons. The van der Waals surface area contributed by atoms with E-state index in [2.05, 4.69) is 23.7 Å². The molecule has 36 heavy (non-hydrogen) atoms. The number of unbranched alkanes of at least 4 members (excludes halogenated alkanes) is 1. The lowest BCUT2D eigenvalue weighted by Gasteiger charge is -2.03. The molecule has 0 heterocycles. The summed E-state index contributed by atoms with van der Waals surface area (Å²) in [7, 11) is 0. The first-order chi connectivity index (χ1) is 17.3. The van der Waals surface area contributed by atoms with Gasteiger partial charge in [0, 0.05) is 16.5 Å². The first-order valence-corrected chi connectivity index (χ1v) is 11.2. The molecule has 0 saturated carbocycles. The summed E-state index contributed by atoms with van der Waals surface area (Å²) in [6, 6.07) is 11.3. The highest BCUT2D eigenvalue weighted by molar-refractivity contribution is 5.84. The van der Waals surface area contributed by atoms with E-state index in [0.29, 0.717) is 17.5 Å². The zero-order valence-electron chi connectivity index (χ0n) is 19.1. The van der Waals surface area contributed by atoms with Crippen LogP contribution in [0.2, 0.25) is 0 Å².